The largest absolute Gasteiger partial charge is 0.481 e. The molecule has 0 spiro atoms. The van der Waals surface area contributed by atoms with Crippen LogP contribution in [0.2, 0.25) is 0 Å². The van der Waals surface area contributed by atoms with Crippen LogP contribution >= 0.6 is 0 Å². The number of benzene rings is 1. The van der Waals surface area contributed by atoms with Gasteiger partial charge in [0.2, 0.25) is 15.9 Å². The fourth-order valence-corrected chi connectivity index (χ4v) is 3.77. The molecule has 0 saturated carbocycles. The Bertz CT molecular complexity index is 642. The number of sulfonamides is 1. The Morgan fingerprint density at radius 2 is 1.75 bits per heavy atom. The van der Waals surface area contributed by atoms with E-state index in [1.165, 1.54) is 4.31 Å². The molecule has 1 amide bonds. The van der Waals surface area contributed by atoms with Crippen LogP contribution in [-0.2, 0) is 19.6 Å². The number of amides is 1. The van der Waals surface area contributed by atoms with Crippen LogP contribution in [0.5, 0.6) is 0 Å². The van der Waals surface area contributed by atoms with E-state index in [1.54, 1.807) is 38.1 Å². The Labute approximate surface area is 142 Å². The molecule has 0 aliphatic heterocycles. The highest BCUT2D eigenvalue weighted by Gasteiger charge is 2.24. The Hall–Kier alpha value is -1.93. The molecule has 0 aromatic heterocycles. The van der Waals surface area contributed by atoms with Crippen molar-refractivity contribution < 1.29 is 23.1 Å². The quantitative estimate of drug-likeness (QED) is 0.659. The fraction of sp³-hybridized carbons (Fsp3) is 0.500. The predicted molar refractivity (Wildman–Crippen MR) is 90.9 cm³/mol. The van der Waals surface area contributed by atoms with E-state index in [0.29, 0.717) is 13.1 Å². The summed E-state index contributed by atoms with van der Waals surface area (Å²) >= 11 is 0. The van der Waals surface area contributed by atoms with Gasteiger partial charge in [0.15, 0.2) is 0 Å². The second-order valence-electron chi connectivity index (χ2n) is 5.30. The molecule has 0 radical (unpaired) electrons. The highest BCUT2D eigenvalue weighted by atomic mass is 32.2. The van der Waals surface area contributed by atoms with Crippen molar-refractivity contribution in [2.45, 2.75) is 32.7 Å². The normalized spacial score (nSPS) is 12.8. The highest BCUT2D eigenvalue weighted by molar-refractivity contribution is 7.89. The van der Waals surface area contributed by atoms with Crippen molar-refractivity contribution in [3.63, 3.8) is 0 Å². The van der Waals surface area contributed by atoms with Gasteiger partial charge in [-0.3, -0.25) is 9.59 Å². The van der Waals surface area contributed by atoms with Gasteiger partial charge in [0, 0.05) is 19.5 Å². The van der Waals surface area contributed by atoms with E-state index in [1.807, 2.05) is 6.07 Å². The van der Waals surface area contributed by atoms with Crippen LogP contribution in [0.3, 0.4) is 0 Å². The third kappa shape index (κ3) is 6.29. The van der Waals surface area contributed by atoms with Gasteiger partial charge < -0.3 is 10.4 Å². The van der Waals surface area contributed by atoms with Crippen molar-refractivity contribution in [3.8, 4) is 0 Å². The Morgan fingerprint density at radius 1 is 1.17 bits per heavy atom. The van der Waals surface area contributed by atoms with Crippen molar-refractivity contribution in [1.29, 1.82) is 0 Å². The lowest BCUT2D eigenvalue weighted by atomic mass is 10.0. The molecular formula is C16H24N2O5S. The van der Waals surface area contributed by atoms with Crippen molar-refractivity contribution in [3.05, 3.63) is 35.9 Å². The van der Waals surface area contributed by atoms with Crippen LogP contribution in [0.15, 0.2) is 30.3 Å². The van der Waals surface area contributed by atoms with Crippen LogP contribution < -0.4 is 5.32 Å². The molecule has 0 fully saturated rings. The molecule has 0 aliphatic rings. The second-order valence-corrected chi connectivity index (χ2v) is 7.27. The number of carbonyl (C=O) groups excluding carboxylic acids is 1. The summed E-state index contributed by atoms with van der Waals surface area (Å²) in [5, 5.41) is 11.5. The average Bonchev–Trinajstić information content (AvgIpc) is 2.52. The molecule has 1 aromatic rings. The second kappa shape index (κ2) is 9.39. The first-order valence-corrected chi connectivity index (χ1v) is 9.45. The zero-order valence-electron chi connectivity index (χ0n) is 13.9. The molecule has 134 valence electrons. The Balaban J connectivity index is 2.82. The van der Waals surface area contributed by atoms with E-state index in [-0.39, 0.29) is 12.8 Å². The topological polar surface area (TPSA) is 104 Å². The first-order valence-electron chi connectivity index (χ1n) is 7.84. The Morgan fingerprint density at radius 3 is 2.25 bits per heavy atom. The summed E-state index contributed by atoms with van der Waals surface area (Å²) in [5.41, 5.74) is 0.743. The standard InChI is InChI=1S/C16H24N2O5S/c1-3-18(4-2)24(22,23)12-15(19)17-14(10-11-16(20)21)13-8-6-5-7-9-13/h5-9,14H,3-4,10-12H2,1-2H3,(H,17,19)(H,20,21). The summed E-state index contributed by atoms with van der Waals surface area (Å²) in [5.74, 6) is -2.26. The summed E-state index contributed by atoms with van der Waals surface area (Å²) in [4.78, 5) is 23.0. The smallest absolute Gasteiger partial charge is 0.303 e. The van der Waals surface area contributed by atoms with Gasteiger partial charge in [0.25, 0.3) is 0 Å². The molecule has 8 heteroatoms. The SMILES string of the molecule is CCN(CC)S(=O)(=O)CC(=O)NC(CCC(=O)O)c1ccccc1. The zero-order valence-corrected chi connectivity index (χ0v) is 14.8. The lowest BCUT2D eigenvalue weighted by molar-refractivity contribution is -0.137. The fourth-order valence-electron chi connectivity index (χ4n) is 2.39. The van der Waals surface area contributed by atoms with Crippen LogP contribution in [-0.4, -0.2) is 48.5 Å². The molecule has 1 aromatic carbocycles. The van der Waals surface area contributed by atoms with Gasteiger partial charge in [-0.2, -0.15) is 0 Å². The summed E-state index contributed by atoms with van der Waals surface area (Å²) < 4.78 is 25.5. The first kappa shape index (κ1) is 20.1. The predicted octanol–water partition coefficient (Wildman–Crippen LogP) is 1.38. The van der Waals surface area contributed by atoms with E-state index >= 15 is 0 Å². The number of rotatable bonds is 10. The molecule has 7 nitrogen and oxygen atoms in total. The summed E-state index contributed by atoms with van der Waals surface area (Å²) in [6.07, 6.45) is 0.0685. The average molecular weight is 356 g/mol. The van der Waals surface area contributed by atoms with E-state index < -0.39 is 33.7 Å². The maximum atomic E-state index is 12.2. The highest BCUT2D eigenvalue weighted by Crippen LogP contribution is 2.18. The number of nitrogens with one attached hydrogen (secondary N) is 1. The minimum atomic E-state index is -3.68. The van der Waals surface area contributed by atoms with E-state index in [0.717, 1.165) is 5.56 Å². The summed E-state index contributed by atoms with van der Waals surface area (Å²) in [6, 6.07) is 8.37. The lowest BCUT2D eigenvalue weighted by Gasteiger charge is -2.21. The number of aliphatic carboxylic acids is 1. The van der Waals surface area contributed by atoms with Gasteiger partial charge >= 0.3 is 5.97 Å². The van der Waals surface area contributed by atoms with E-state index in [2.05, 4.69) is 5.32 Å². The molecule has 1 unspecified atom stereocenters. The van der Waals surface area contributed by atoms with Gasteiger partial charge in [-0.1, -0.05) is 44.2 Å². The third-order valence-corrected chi connectivity index (χ3v) is 5.53. The van der Waals surface area contributed by atoms with Gasteiger partial charge in [-0.15, -0.1) is 0 Å². The van der Waals surface area contributed by atoms with Crippen LogP contribution in [0.25, 0.3) is 0 Å². The van der Waals surface area contributed by atoms with Gasteiger partial charge in [0.05, 0.1) is 6.04 Å². The minimum Gasteiger partial charge on any atom is -0.481 e. The monoisotopic (exact) mass is 356 g/mol. The molecule has 1 atom stereocenters. The molecular weight excluding hydrogens is 332 g/mol. The zero-order chi connectivity index (χ0) is 18.2. The third-order valence-electron chi connectivity index (χ3n) is 3.60. The van der Waals surface area contributed by atoms with E-state index in [9.17, 15) is 18.0 Å². The van der Waals surface area contributed by atoms with Crippen molar-refractivity contribution >= 4 is 21.9 Å². The molecule has 0 aliphatic carbocycles. The van der Waals surface area contributed by atoms with Gasteiger partial charge in [-0.05, 0) is 12.0 Å². The van der Waals surface area contributed by atoms with Crippen LogP contribution in [0, 0.1) is 0 Å². The van der Waals surface area contributed by atoms with Crippen molar-refractivity contribution in [2.75, 3.05) is 18.8 Å². The maximum Gasteiger partial charge on any atom is 0.303 e. The maximum absolute atomic E-state index is 12.2. The first-order chi connectivity index (χ1) is 11.3. The number of carbonyl (C=O) groups is 2. The summed E-state index contributed by atoms with van der Waals surface area (Å²) in [7, 11) is -3.68. The number of hydrogen-bond donors (Lipinski definition) is 2. The van der Waals surface area contributed by atoms with Crippen LogP contribution in [0.1, 0.15) is 38.3 Å². The number of carboxylic acids is 1. The molecule has 2 N–H and O–H groups in total. The molecule has 24 heavy (non-hydrogen) atoms. The van der Waals surface area contributed by atoms with Crippen LogP contribution in [0.4, 0.5) is 0 Å². The van der Waals surface area contributed by atoms with Gasteiger partial charge in [-0.25, -0.2) is 12.7 Å². The molecule has 0 heterocycles. The lowest BCUT2D eigenvalue weighted by Crippen LogP contribution is -2.40. The number of hydrogen-bond acceptors (Lipinski definition) is 4. The van der Waals surface area contributed by atoms with Gasteiger partial charge in [0.1, 0.15) is 5.75 Å². The number of nitrogens with zero attached hydrogens (tertiary/aromatic N) is 1. The Kier molecular flexibility index (Phi) is 7.87. The number of carboxylic acid groups (broad SMARTS) is 1. The molecule has 0 bridgehead atoms. The molecule has 1 rings (SSSR count). The van der Waals surface area contributed by atoms with Crippen molar-refractivity contribution in [1.82, 2.24) is 9.62 Å². The summed E-state index contributed by atoms with van der Waals surface area (Å²) in [6.45, 7) is 4.01. The van der Waals surface area contributed by atoms with E-state index in [4.69, 9.17) is 5.11 Å². The van der Waals surface area contributed by atoms with Crippen molar-refractivity contribution in [2.24, 2.45) is 0 Å². The molecule has 0 saturated heterocycles. The minimum absolute atomic E-state index is 0.122.